The van der Waals surface area contributed by atoms with Gasteiger partial charge < -0.3 is 25.2 Å². The Morgan fingerprint density at radius 3 is 1.39 bits per heavy atom. The highest BCUT2D eigenvalue weighted by molar-refractivity contribution is 7.47. The molecule has 62 heavy (non-hydrogen) atoms. The van der Waals surface area contributed by atoms with Crippen molar-refractivity contribution in [1.82, 2.24) is 0 Å². The van der Waals surface area contributed by atoms with Gasteiger partial charge >= 0.3 is 25.7 Å². The van der Waals surface area contributed by atoms with Crippen LogP contribution in [0.4, 0.5) is 0 Å². The summed E-state index contributed by atoms with van der Waals surface area (Å²) in [6.45, 7) is 2.53. The van der Waals surface area contributed by atoms with E-state index in [1.807, 2.05) is 12.2 Å². The number of carboxylic acid groups (broad SMARTS) is 1. The number of hydrogen-bond acceptors (Lipinski definition) is 9. The molecule has 0 aliphatic carbocycles. The number of nitrogens with two attached hydrogens (primary N) is 1. The molecule has 348 valence electrons. The zero-order chi connectivity index (χ0) is 45.6. The van der Waals surface area contributed by atoms with Gasteiger partial charge in [-0.25, -0.2) is 4.57 Å². The molecule has 0 aromatic rings. The van der Waals surface area contributed by atoms with E-state index < -0.39 is 57.7 Å². The Morgan fingerprint density at radius 1 is 0.516 bits per heavy atom. The van der Waals surface area contributed by atoms with Gasteiger partial charge in [-0.05, 0) is 96.3 Å². The highest BCUT2D eigenvalue weighted by atomic mass is 31.2. The van der Waals surface area contributed by atoms with Gasteiger partial charge in [0, 0.05) is 12.8 Å². The second-order valence-electron chi connectivity index (χ2n) is 14.4. The summed E-state index contributed by atoms with van der Waals surface area (Å²) in [4.78, 5) is 46.0. The monoisotopic (exact) mass is 884 g/mol. The van der Waals surface area contributed by atoms with Crippen LogP contribution in [0.2, 0.25) is 0 Å². The third kappa shape index (κ3) is 42.6. The normalized spacial score (nSPS) is 14.8. The number of unbranched alkanes of at least 4 members (excludes halogenated alkanes) is 6. The summed E-state index contributed by atoms with van der Waals surface area (Å²) in [5, 5.41) is 8.90. The van der Waals surface area contributed by atoms with E-state index in [-0.39, 0.29) is 12.8 Å². The molecule has 0 aliphatic heterocycles. The molecule has 4 N–H and O–H groups in total. The van der Waals surface area contributed by atoms with Crippen molar-refractivity contribution in [2.24, 2.45) is 5.73 Å². The van der Waals surface area contributed by atoms with Crippen LogP contribution < -0.4 is 5.73 Å². The number of phosphoric acid groups is 1. The summed E-state index contributed by atoms with van der Waals surface area (Å²) in [7, 11) is -4.75. The molecule has 0 saturated carbocycles. The van der Waals surface area contributed by atoms with Crippen LogP contribution in [-0.2, 0) is 37.5 Å². The zero-order valence-electron chi connectivity index (χ0n) is 37.7. The number of esters is 2. The highest BCUT2D eigenvalue weighted by Gasteiger charge is 2.28. The van der Waals surface area contributed by atoms with Gasteiger partial charge in [0.25, 0.3) is 0 Å². The number of carbonyl (C=O) groups excluding carboxylic acids is 2. The first kappa shape index (κ1) is 57.9. The Bertz CT molecular complexity index is 1500. The summed E-state index contributed by atoms with van der Waals surface area (Å²) in [6.07, 6.45) is 58.5. The van der Waals surface area contributed by atoms with E-state index in [2.05, 4.69) is 128 Å². The van der Waals surface area contributed by atoms with Gasteiger partial charge in [0.1, 0.15) is 12.6 Å². The topological polar surface area (TPSA) is 172 Å². The van der Waals surface area contributed by atoms with Crippen molar-refractivity contribution in [3.63, 3.8) is 0 Å². The Labute approximate surface area is 373 Å². The van der Waals surface area contributed by atoms with E-state index in [1.54, 1.807) is 0 Å². The third-order valence-electron chi connectivity index (χ3n) is 8.71. The predicted octanol–water partition coefficient (Wildman–Crippen LogP) is 12.4. The van der Waals surface area contributed by atoms with E-state index in [1.165, 1.54) is 19.3 Å². The van der Waals surface area contributed by atoms with E-state index in [0.717, 1.165) is 83.5 Å². The summed E-state index contributed by atoms with van der Waals surface area (Å²) in [6, 6.07) is -1.54. The van der Waals surface area contributed by atoms with Crippen LogP contribution in [0.5, 0.6) is 0 Å². The van der Waals surface area contributed by atoms with Gasteiger partial charge in [0.05, 0.1) is 13.2 Å². The molecule has 0 heterocycles. The van der Waals surface area contributed by atoms with Crippen LogP contribution in [0, 0.1) is 0 Å². The minimum atomic E-state index is -4.75. The average Bonchev–Trinajstić information content (AvgIpc) is 3.25. The number of phosphoric ester groups is 1. The molecule has 1 unspecified atom stereocenters. The van der Waals surface area contributed by atoms with Gasteiger partial charge in [-0.15, -0.1) is 0 Å². The Hall–Kier alpha value is -4.12. The van der Waals surface area contributed by atoms with Crippen LogP contribution in [0.1, 0.15) is 142 Å². The lowest BCUT2D eigenvalue weighted by atomic mass is 10.1. The van der Waals surface area contributed by atoms with Gasteiger partial charge in [0.2, 0.25) is 0 Å². The zero-order valence-corrected chi connectivity index (χ0v) is 38.5. The van der Waals surface area contributed by atoms with Crippen LogP contribution in [-0.4, -0.2) is 59.9 Å². The second kappa shape index (κ2) is 43.5. The lowest BCUT2D eigenvalue weighted by molar-refractivity contribution is -0.161. The second-order valence-corrected chi connectivity index (χ2v) is 15.9. The molecule has 0 radical (unpaired) electrons. The lowest BCUT2D eigenvalue weighted by Gasteiger charge is -2.20. The molecular formula is C50H78NO10P. The van der Waals surface area contributed by atoms with Gasteiger partial charge in [-0.1, -0.05) is 155 Å². The minimum absolute atomic E-state index is 0.0812. The van der Waals surface area contributed by atoms with Crippen molar-refractivity contribution in [1.29, 1.82) is 0 Å². The molecule has 0 aromatic heterocycles. The number of aliphatic carboxylic acids is 1. The number of carboxylic acids is 1. The first-order valence-electron chi connectivity index (χ1n) is 22.6. The fourth-order valence-corrected chi connectivity index (χ4v) is 5.97. The van der Waals surface area contributed by atoms with E-state index in [9.17, 15) is 23.8 Å². The fraction of sp³-hybridized carbons (Fsp3) is 0.540. The van der Waals surface area contributed by atoms with Gasteiger partial charge in [0.15, 0.2) is 6.10 Å². The summed E-state index contributed by atoms with van der Waals surface area (Å²) < 4.78 is 32.6. The number of allylic oxidation sites excluding steroid dienone is 20. The van der Waals surface area contributed by atoms with E-state index >= 15 is 0 Å². The first-order chi connectivity index (χ1) is 30.1. The minimum Gasteiger partial charge on any atom is -0.480 e. The molecule has 0 rings (SSSR count). The molecule has 11 nitrogen and oxygen atoms in total. The van der Waals surface area contributed by atoms with Crippen molar-refractivity contribution in [2.45, 2.75) is 154 Å². The third-order valence-corrected chi connectivity index (χ3v) is 9.66. The maximum Gasteiger partial charge on any atom is 0.472 e. The summed E-state index contributed by atoms with van der Waals surface area (Å²) >= 11 is 0. The maximum atomic E-state index is 12.6. The van der Waals surface area contributed by atoms with Crippen molar-refractivity contribution < 1.29 is 47.5 Å². The molecule has 0 fully saturated rings. The van der Waals surface area contributed by atoms with Crippen molar-refractivity contribution in [3.8, 4) is 0 Å². The smallest absolute Gasteiger partial charge is 0.472 e. The predicted molar refractivity (Wildman–Crippen MR) is 253 cm³/mol. The standard InChI is InChI=1S/C50H78NO10P/c1-3-5-7-9-11-13-15-17-19-21-23-25-27-29-31-33-35-37-39-41-48(52)58-43-46(44-59-62(56,57)60-45-47(51)50(54)55)61-49(53)42-40-38-36-34-32-30-28-26-24-22-20-18-16-14-12-10-8-6-4-2/h5,7,11-14,17-20,23-26,29-32,35,37,46-47H,3-4,6,8-10,15-16,21-22,27-28,33-34,36,38-45,51H2,1-2H3,(H,54,55)(H,56,57)/b7-5-,13-11-,14-12-,19-17-,20-18-,25-23-,26-24-,31-29-,32-30-,37-35-/t46-,47+/m1/s1. The number of hydrogen-bond donors (Lipinski definition) is 3. The molecule has 0 aromatic carbocycles. The molecule has 3 atom stereocenters. The number of carbonyl (C=O) groups is 3. The Kier molecular flexibility index (Phi) is 40.6. The SMILES string of the molecule is CC/C=C\C/C=C\C/C=C\C/C=C\C/C=C\C/C=C\CCC(=O)OC[C@H](COP(=O)(O)OC[C@H](N)C(=O)O)OC(=O)CCCCC/C=C\C/C=C\C/C=C\C/C=C\CCCCC. The Morgan fingerprint density at radius 2 is 0.935 bits per heavy atom. The van der Waals surface area contributed by atoms with Gasteiger partial charge in [-0.3, -0.25) is 23.4 Å². The van der Waals surface area contributed by atoms with E-state index in [0.29, 0.717) is 12.8 Å². The lowest BCUT2D eigenvalue weighted by Crippen LogP contribution is -2.34. The van der Waals surface area contributed by atoms with Crippen LogP contribution in [0.25, 0.3) is 0 Å². The molecular weight excluding hydrogens is 806 g/mol. The van der Waals surface area contributed by atoms with Crippen molar-refractivity contribution in [3.05, 3.63) is 122 Å². The highest BCUT2D eigenvalue weighted by Crippen LogP contribution is 2.43. The van der Waals surface area contributed by atoms with Crippen molar-refractivity contribution in [2.75, 3.05) is 19.8 Å². The summed E-state index contributed by atoms with van der Waals surface area (Å²) in [5.41, 5.74) is 5.33. The number of rotatable bonds is 40. The Balaban J connectivity index is 4.56. The fourth-order valence-electron chi connectivity index (χ4n) is 5.19. The van der Waals surface area contributed by atoms with Crippen LogP contribution in [0.15, 0.2) is 122 Å². The van der Waals surface area contributed by atoms with Crippen LogP contribution >= 0.6 is 7.82 Å². The molecule has 0 spiro atoms. The number of ether oxygens (including phenoxy) is 2. The molecule has 0 saturated heterocycles. The van der Waals surface area contributed by atoms with E-state index in [4.69, 9.17) is 24.8 Å². The average molecular weight is 884 g/mol. The molecule has 0 aliphatic rings. The first-order valence-corrected chi connectivity index (χ1v) is 24.1. The quantitative estimate of drug-likeness (QED) is 0.0231. The largest absolute Gasteiger partial charge is 0.480 e. The summed E-state index contributed by atoms with van der Waals surface area (Å²) in [5.74, 6) is -2.54. The molecule has 12 heteroatoms. The maximum absolute atomic E-state index is 12.6. The van der Waals surface area contributed by atoms with Crippen LogP contribution in [0.3, 0.4) is 0 Å². The van der Waals surface area contributed by atoms with Crippen molar-refractivity contribution >= 4 is 25.7 Å². The molecule has 0 amide bonds. The van der Waals surface area contributed by atoms with Gasteiger partial charge in [-0.2, -0.15) is 0 Å². The molecule has 0 bridgehead atoms.